The number of thiazole rings is 1. The SMILES string of the molecule is CCCCOc1cccc(C2C(=C(O)c3ccc(OCCC)cc3)C(=O)C(=O)N2c2nc3ccc(OCC)cc3s2)c1. The Hall–Kier alpha value is -4.37. The van der Waals surface area contributed by atoms with Crippen molar-refractivity contribution in [1.82, 2.24) is 4.98 Å². The van der Waals surface area contributed by atoms with Gasteiger partial charge in [0.2, 0.25) is 0 Å². The molecule has 0 spiro atoms. The third-order valence-electron chi connectivity index (χ3n) is 6.85. The zero-order chi connectivity index (χ0) is 29.6. The van der Waals surface area contributed by atoms with Gasteiger partial charge in [-0.25, -0.2) is 4.98 Å². The molecule has 3 aromatic carbocycles. The van der Waals surface area contributed by atoms with E-state index in [4.69, 9.17) is 19.2 Å². The summed E-state index contributed by atoms with van der Waals surface area (Å²) in [4.78, 5) is 33.4. The van der Waals surface area contributed by atoms with Crippen LogP contribution < -0.4 is 19.1 Å². The molecule has 1 amide bonds. The third kappa shape index (κ3) is 5.97. The number of nitrogens with zero attached hydrogens (tertiary/aromatic N) is 2. The molecule has 0 aliphatic carbocycles. The summed E-state index contributed by atoms with van der Waals surface area (Å²) in [5.74, 6) is 0.168. The number of anilines is 1. The lowest BCUT2D eigenvalue weighted by Gasteiger charge is -2.23. The number of aromatic nitrogens is 1. The smallest absolute Gasteiger partial charge is 0.301 e. The van der Waals surface area contributed by atoms with Crippen LogP contribution in [0.5, 0.6) is 17.2 Å². The van der Waals surface area contributed by atoms with Crippen molar-refractivity contribution in [2.75, 3.05) is 24.7 Å². The number of aliphatic hydroxyl groups is 1. The number of ether oxygens (including phenoxy) is 3. The fourth-order valence-electron chi connectivity index (χ4n) is 4.79. The lowest BCUT2D eigenvalue weighted by atomic mass is 9.95. The average molecular weight is 587 g/mol. The number of fused-ring (bicyclic) bond motifs is 1. The quantitative estimate of drug-likeness (QED) is 0.0806. The summed E-state index contributed by atoms with van der Waals surface area (Å²) in [6.45, 7) is 7.66. The second kappa shape index (κ2) is 13.1. The van der Waals surface area contributed by atoms with Crippen molar-refractivity contribution in [3.8, 4) is 17.2 Å². The van der Waals surface area contributed by atoms with Crippen molar-refractivity contribution in [3.63, 3.8) is 0 Å². The predicted molar refractivity (Wildman–Crippen MR) is 165 cm³/mol. The van der Waals surface area contributed by atoms with Crippen LogP contribution in [0.4, 0.5) is 5.13 Å². The maximum absolute atomic E-state index is 13.7. The molecule has 0 radical (unpaired) electrons. The molecule has 5 rings (SSSR count). The Kier molecular flexibility index (Phi) is 9.07. The molecule has 218 valence electrons. The van der Waals surface area contributed by atoms with Gasteiger partial charge in [-0.3, -0.25) is 14.5 Å². The average Bonchev–Trinajstić information content (AvgIpc) is 3.54. The van der Waals surface area contributed by atoms with Crippen molar-refractivity contribution >= 4 is 44.1 Å². The zero-order valence-electron chi connectivity index (χ0n) is 24.0. The van der Waals surface area contributed by atoms with Gasteiger partial charge in [0.1, 0.15) is 23.0 Å². The van der Waals surface area contributed by atoms with Crippen molar-refractivity contribution < 1.29 is 28.9 Å². The Morgan fingerprint density at radius 1 is 0.881 bits per heavy atom. The second-order valence-electron chi connectivity index (χ2n) is 9.88. The van der Waals surface area contributed by atoms with Gasteiger partial charge in [0.25, 0.3) is 5.78 Å². The highest BCUT2D eigenvalue weighted by atomic mass is 32.1. The maximum atomic E-state index is 13.7. The molecule has 9 heteroatoms. The van der Waals surface area contributed by atoms with Crippen molar-refractivity contribution in [2.45, 2.75) is 46.1 Å². The van der Waals surface area contributed by atoms with Gasteiger partial charge in [-0.15, -0.1) is 0 Å². The minimum absolute atomic E-state index is 0.0119. The first kappa shape index (κ1) is 29.1. The van der Waals surface area contributed by atoms with Crippen LogP contribution in [-0.4, -0.2) is 41.6 Å². The molecule has 8 nitrogen and oxygen atoms in total. The number of unbranched alkanes of at least 4 members (excludes halogenated alkanes) is 1. The minimum Gasteiger partial charge on any atom is -0.507 e. The van der Waals surface area contributed by atoms with E-state index >= 15 is 0 Å². The number of hydrogen-bond acceptors (Lipinski definition) is 8. The standard InChI is InChI=1S/C33H34N2O6S/c1-4-7-18-41-24-10-8-9-22(19-24)29-28(30(36)21-11-13-23(14-12-21)40-17-5-2)31(37)32(38)35(29)33-34-26-16-15-25(39-6-3)20-27(26)42-33/h8-16,19-20,29,36H,4-7,17-18H2,1-3H3. The Bertz CT molecular complexity index is 1610. The molecule has 1 fully saturated rings. The van der Waals surface area contributed by atoms with E-state index in [9.17, 15) is 14.7 Å². The molecule has 1 saturated heterocycles. The summed E-state index contributed by atoms with van der Waals surface area (Å²) in [7, 11) is 0. The Labute approximate surface area is 249 Å². The van der Waals surface area contributed by atoms with Crippen LogP contribution in [0, 0.1) is 0 Å². The summed E-state index contributed by atoms with van der Waals surface area (Å²) in [6.07, 6.45) is 2.76. The van der Waals surface area contributed by atoms with Gasteiger partial charge in [-0.05, 0) is 79.9 Å². The van der Waals surface area contributed by atoms with Gasteiger partial charge in [-0.1, -0.05) is 43.7 Å². The van der Waals surface area contributed by atoms with E-state index in [2.05, 4.69) is 6.92 Å². The van der Waals surface area contributed by atoms with E-state index < -0.39 is 17.7 Å². The Morgan fingerprint density at radius 2 is 1.62 bits per heavy atom. The fourth-order valence-corrected chi connectivity index (χ4v) is 5.81. The van der Waals surface area contributed by atoms with Crippen molar-refractivity contribution in [3.05, 3.63) is 83.4 Å². The number of benzene rings is 3. The summed E-state index contributed by atoms with van der Waals surface area (Å²) >= 11 is 1.29. The molecule has 1 atom stereocenters. The van der Waals surface area contributed by atoms with Crippen LogP contribution >= 0.6 is 11.3 Å². The number of carbonyl (C=O) groups is 2. The molecule has 4 aromatic rings. The zero-order valence-corrected chi connectivity index (χ0v) is 24.8. The summed E-state index contributed by atoms with van der Waals surface area (Å²) in [5.41, 5.74) is 1.70. The van der Waals surface area contributed by atoms with Gasteiger partial charge in [-0.2, -0.15) is 0 Å². The monoisotopic (exact) mass is 586 g/mol. The molecule has 0 saturated carbocycles. The van der Waals surface area contributed by atoms with Crippen LogP contribution in [0.25, 0.3) is 16.0 Å². The Balaban J connectivity index is 1.62. The summed E-state index contributed by atoms with van der Waals surface area (Å²) in [6, 6.07) is 18.8. The molecule has 1 unspecified atom stereocenters. The molecule has 1 aliphatic heterocycles. The normalized spacial score (nSPS) is 16.3. The minimum atomic E-state index is -0.914. The van der Waals surface area contributed by atoms with Gasteiger partial charge in [0, 0.05) is 5.56 Å². The lowest BCUT2D eigenvalue weighted by Crippen LogP contribution is -2.29. The van der Waals surface area contributed by atoms with Gasteiger partial charge >= 0.3 is 5.91 Å². The molecule has 0 bridgehead atoms. The number of ketones is 1. The summed E-state index contributed by atoms with van der Waals surface area (Å²) < 4.78 is 18.1. The van der Waals surface area contributed by atoms with Gasteiger partial charge in [0.15, 0.2) is 5.13 Å². The topological polar surface area (TPSA) is 98.2 Å². The molecular weight excluding hydrogens is 552 g/mol. The van der Waals surface area contributed by atoms with E-state index in [1.54, 1.807) is 24.3 Å². The highest BCUT2D eigenvalue weighted by Crippen LogP contribution is 2.45. The third-order valence-corrected chi connectivity index (χ3v) is 7.87. The molecule has 1 aromatic heterocycles. The molecule has 1 aliphatic rings. The van der Waals surface area contributed by atoms with E-state index in [0.29, 0.717) is 58.8 Å². The van der Waals surface area contributed by atoms with Crippen molar-refractivity contribution in [2.24, 2.45) is 0 Å². The van der Waals surface area contributed by atoms with E-state index in [0.717, 1.165) is 24.0 Å². The Morgan fingerprint density at radius 3 is 2.36 bits per heavy atom. The first-order valence-electron chi connectivity index (χ1n) is 14.3. The van der Waals surface area contributed by atoms with Crippen LogP contribution in [-0.2, 0) is 9.59 Å². The second-order valence-corrected chi connectivity index (χ2v) is 10.9. The highest BCUT2D eigenvalue weighted by Gasteiger charge is 2.48. The number of aliphatic hydroxyl groups excluding tert-OH is 1. The number of rotatable bonds is 12. The highest BCUT2D eigenvalue weighted by molar-refractivity contribution is 7.22. The van der Waals surface area contributed by atoms with Crippen LogP contribution in [0.2, 0.25) is 0 Å². The summed E-state index contributed by atoms with van der Waals surface area (Å²) in [5, 5.41) is 11.9. The van der Waals surface area contributed by atoms with Crippen LogP contribution in [0.3, 0.4) is 0 Å². The number of Topliss-reactive ketones (excluding diaryl/α,β-unsaturated/α-hetero) is 1. The molecule has 2 heterocycles. The molecular formula is C33H34N2O6S. The fraction of sp³-hybridized carbons (Fsp3) is 0.303. The first-order chi connectivity index (χ1) is 20.4. The molecule has 42 heavy (non-hydrogen) atoms. The van der Waals surface area contributed by atoms with E-state index in [1.165, 1.54) is 16.2 Å². The van der Waals surface area contributed by atoms with E-state index in [-0.39, 0.29) is 11.3 Å². The van der Waals surface area contributed by atoms with Crippen LogP contribution in [0.1, 0.15) is 57.2 Å². The van der Waals surface area contributed by atoms with E-state index in [1.807, 2.05) is 56.3 Å². The van der Waals surface area contributed by atoms with Gasteiger partial charge < -0.3 is 19.3 Å². The maximum Gasteiger partial charge on any atom is 0.301 e. The number of carbonyl (C=O) groups excluding carboxylic acids is 2. The largest absolute Gasteiger partial charge is 0.507 e. The lowest BCUT2D eigenvalue weighted by molar-refractivity contribution is -0.132. The van der Waals surface area contributed by atoms with Gasteiger partial charge in [0.05, 0.1) is 41.7 Å². The van der Waals surface area contributed by atoms with Crippen LogP contribution in [0.15, 0.2) is 72.3 Å². The number of hydrogen-bond donors (Lipinski definition) is 1. The predicted octanol–water partition coefficient (Wildman–Crippen LogP) is 7.29. The number of amides is 1. The molecule has 1 N–H and O–H groups in total. The first-order valence-corrected chi connectivity index (χ1v) is 15.1. The van der Waals surface area contributed by atoms with Crippen molar-refractivity contribution in [1.29, 1.82) is 0 Å².